The van der Waals surface area contributed by atoms with Crippen molar-refractivity contribution in [2.24, 2.45) is 0 Å². The highest BCUT2D eigenvalue weighted by molar-refractivity contribution is 7.80. The summed E-state index contributed by atoms with van der Waals surface area (Å²) in [6.45, 7) is 6.05. The van der Waals surface area contributed by atoms with Gasteiger partial charge in [0.2, 0.25) is 0 Å². The molecule has 1 aliphatic rings. The minimum atomic E-state index is -0.810. The molecule has 1 unspecified atom stereocenters. The molecule has 3 N–H and O–H groups in total. The van der Waals surface area contributed by atoms with Crippen LogP contribution in [-0.4, -0.2) is 41.3 Å². The summed E-state index contributed by atoms with van der Waals surface area (Å²) in [7, 11) is 0. The summed E-state index contributed by atoms with van der Waals surface area (Å²) in [6, 6.07) is 8.64. The zero-order valence-electron chi connectivity index (χ0n) is 16.6. The van der Waals surface area contributed by atoms with Crippen LogP contribution in [0.1, 0.15) is 45.6 Å². The van der Waals surface area contributed by atoms with Gasteiger partial charge in [-0.05, 0) is 39.2 Å². The number of alkyl carbamates (subject to hydrolysis) is 1. The van der Waals surface area contributed by atoms with Crippen molar-refractivity contribution in [2.75, 3.05) is 6.61 Å². The number of nitrogens with one attached hydrogen (secondary N) is 3. The van der Waals surface area contributed by atoms with E-state index in [9.17, 15) is 9.59 Å². The van der Waals surface area contributed by atoms with Crippen LogP contribution in [-0.2, 0) is 20.7 Å². The molecule has 2 rings (SSSR count). The first-order valence-corrected chi connectivity index (χ1v) is 9.87. The molecular weight excluding hydrogens is 378 g/mol. The van der Waals surface area contributed by atoms with E-state index in [1.807, 2.05) is 30.3 Å². The number of carbonyl (C=O) groups is 2. The van der Waals surface area contributed by atoms with E-state index in [0.29, 0.717) is 17.8 Å². The van der Waals surface area contributed by atoms with E-state index in [1.54, 1.807) is 20.8 Å². The summed E-state index contributed by atoms with van der Waals surface area (Å²) in [5.74, 6) is -0.399. The van der Waals surface area contributed by atoms with E-state index in [-0.39, 0.29) is 6.10 Å². The van der Waals surface area contributed by atoms with Crippen LogP contribution in [0.15, 0.2) is 30.3 Å². The maximum atomic E-state index is 12.7. The first-order valence-electron chi connectivity index (χ1n) is 9.46. The average Bonchev–Trinajstić information content (AvgIpc) is 3.11. The summed E-state index contributed by atoms with van der Waals surface area (Å²) in [5.41, 5.74) is 5.61. The van der Waals surface area contributed by atoms with Crippen molar-refractivity contribution >= 4 is 29.2 Å². The van der Waals surface area contributed by atoms with Gasteiger partial charge < -0.3 is 14.8 Å². The maximum absolute atomic E-state index is 12.7. The van der Waals surface area contributed by atoms with Gasteiger partial charge in [-0.15, -0.1) is 0 Å². The fraction of sp³-hybridized carbons (Fsp3) is 0.550. The molecule has 0 radical (unpaired) electrons. The molecule has 1 aromatic carbocycles. The van der Waals surface area contributed by atoms with Gasteiger partial charge in [0.25, 0.3) is 5.91 Å². The molecule has 1 aromatic rings. The minimum Gasteiger partial charge on any atom is -0.444 e. The molecule has 2 atom stereocenters. The molecule has 1 heterocycles. The van der Waals surface area contributed by atoms with Crippen molar-refractivity contribution in [1.82, 2.24) is 16.2 Å². The number of hydrazine groups is 1. The van der Waals surface area contributed by atoms with Crippen molar-refractivity contribution in [3.05, 3.63) is 35.9 Å². The Balaban J connectivity index is 1.93. The predicted molar refractivity (Wildman–Crippen MR) is 111 cm³/mol. The zero-order valence-corrected chi connectivity index (χ0v) is 17.4. The molecule has 1 fully saturated rings. The third-order valence-electron chi connectivity index (χ3n) is 4.05. The molecule has 7 nitrogen and oxygen atoms in total. The summed E-state index contributed by atoms with van der Waals surface area (Å²) in [5, 5.41) is 2.64. The lowest BCUT2D eigenvalue weighted by atomic mass is 10.1. The Morgan fingerprint density at radius 3 is 2.57 bits per heavy atom. The lowest BCUT2D eigenvalue weighted by Crippen LogP contribution is -2.53. The largest absolute Gasteiger partial charge is 0.444 e. The second kappa shape index (κ2) is 10.4. The Morgan fingerprint density at radius 2 is 1.96 bits per heavy atom. The van der Waals surface area contributed by atoms with Gasteiger partial charge in [-0.3, -0.25) is 15.6 Å². The van der Waals surface area contributed by atoms with Crippen LogP contribution in [0.5, 0.6) is 0 Å². The Morgan fingerprint density at radius 1 is 1.25 bits per heavy atom. The SMILES string of the molecule is CC(C)(C)OC(=O)N[C@@H](Cc1ccccc1)C(=O)NNC(=S)CC1CCCO1. The molecule has 0 bridgehead atoms. The van der Waals surface area contributed by atoms with E-state index >= 15 is 0 Å². The van der Waals surface area contributed by atoms with E-state index in [2.05, 4.69) is 16.2 Å². The van der Waals surface area contributed by atoms with E-state index < -0.39 is 23.6 Å². The molecule has 2 amide bonds. The maximum Gasteiger partial charge on any atom is 0.408 e. The van der Waals surface area contributed by atoms with Crippen LogP contribution < -0.4 is 16.2 Å². The fourth-order valence-corrected chi connectivity index (χ4v) is 3.03. The van der Waals surface area contributed by atoms with Crippen molar-refractivity contribution < 1.29 is 19.1 Å². The summed E-state index contributed by atoms with van der Waals surface area (Å²) >= 11 is 5.27. The third kappa shape index (κ3) is 8.22. The summed E-state index contributed by atoms with van der Waals surface area (Å²) in [6.07, 6.45) is 2.32. The Labute approximate surface area is 171 Å². The highest BCUT2D eigenvalue weighted by Gasteiger charge is 2.25. The minimum absolute atomic E-state index is 0.0944. The van der Waals surface area contributed by atoms with Crippen LogP contribution in [0, 0.1) is 0 Å². The van der Waals surface area contributed by atoms with Crippen molar-refractivity contribution in [3.8, 4) is 0 Å². The Bertz CT molecular complexity index is 670. The molecule has 28 heavy (non-hydrogen) atoms. The zero-order chi connectivity index (χ0) is 20.6. The van der Waals surface area contributed by atoms with E-state index in [0.717, 1.165) is 25.0 Å². The Kier molecular flexibility index (Phi) is 8.19. The van der Waals surface area contributed by atoms with Gasteiger partial charge in [0, 0.05) is 19.4 Å². The monoisotopic (exact) mass is 407 g/mol. The van der Waals surface area contributed by atoms with E-state index in [1.165, 1.54) is 0 Å². The molecular formula is C20H29N3O4S. The van der Waals surface area contributed by atoms with E-state index in [4.69, 9.17) is 21.7 Å². The molecule has 0 spiro atoms. The van der Waals surface area contributed by atoms with Crippen LogP contribution in [0.25, 0.3) is 0 Å². The van der Waals surface area contributed by atoms with Crippen LogP contribution in [0.4, 0.5) is 4.79 Å². The topological polar surface area (TPSA) is 88.7 Å². The second-order valence-electron chi connectivity index (χ2n) is 7.77. The summed E-state index contributed by atoms with van der Waals surface area (Å²) < 4.78 is 10.8. The van der Waals surface area contributed by atoms with Gasteiger partial charge in [0.05, 0.1) is 11.1 Å². The van der Waals surface area contributed by atoms with Gasteiger partial charge >= 0.3 is 6.09 Å². The van der Waals surface area contributed by atoms with Crippen LogP contribution >= 0.6 is 12.2 Å². The molecule has 8 heteroatoms. The number of rotatable bonds is 6. The first kappa shape index (κ1) is 22.1. The number of hydrogen-bond donors (Lipinski definition) is 3. The molecule has 0 aromatic heterocycles. The fourth-order valence-electron chi connectivity index (χ4n) is 2.79. The second-order valence-corrected chi connectivity index (χ2v) is 8.26. The number of ether oxygens (including phenoxy) is 2. The quantitative estimate of drug-likeness (QED) is 0.496. The van der Waals surface area contributed by atoms with Gasteiger partial charge in [0.1, 0.15) is 11.6 Å². The highest BCUT2D eigenvalue weighted by Crippen LogP contribution is 2.15. The molecule has 1 aliphatic heterocycles. The van der Waals surface area contributed by atoms with Crippen molar-refractivity contribution in [2.45, 2.75) is 64.2 Å². The number of amides is 2. The van der Waals surface area contributed by atoms with Gasteiger partial charge in [-0.2, -0.15) is 0 Å². The van der Waals surface area contributed by atoms with Gasteiger partial charge in [-0.25, -0.2) is 4.79 Å². The number of thiocarbonyl (C=S) groups is 1. The van der Waals surface area contributed by atoms with Crippen LogP contribution in [0.3, 0.4) is 0 Å². The number of benzene rings is 1. The highest BCUT2D eigenvalue weighted by atomic mass is 32.1. The smallest absolute Gasteiger partial charge is 0.408 e. The average molecular weight is 408 g/mol. The predicted octanol–water partition coefficient (Wildman–Crippen LogP) is 2.64. The van der Waals surface area contributed by atoms with Crippen molar-refractivity contribution in [1.29, 1.82) is 0 Å². The lowest BCUT2D eigenvalue weighted by molar-refractivity contribution is -0.123. The molecule has 0 saturated carbocycles. The normalized spacial score (nSPS) is 17.5. The third-order valence-corrected chi connectivity index (χ3v) is 4.32. The van der Waals surface area contributed by atoms with Crippen molar-refractivity contribution in [3.63, 3.8) is 0 Å². The molecule has 0 aliphatic carbocycles. The van der Waals surface area contributed by atoms with Gasteiger partial charge in [-0.1, -0.05) is 42.5 Å². The standard InChI is InChI=1S/C20H29N3O4S/c1-20(2,3)27-19(25)21-16(12-14-8-5-4-6-9-14)18(24)23-22-17(28)13-15-10-7-11-26-15/h4-6,8-9,15-16H,7,10-13H2,1-3H3,(H,21,25)(H,22,28)(H,23,24)/t15?,16-/m0/s1. The molecule has 1 saturated heterocycles. The van der Waals surface area contributed by atoms with Crippen LogP contribution in [0.2, 0.25) is 0 Å². The Hall–Kier alpha value is -2.19. The summed E-state index contributed by atoms with van der Waals surface area (Å²) in [4.78, 5) is 25.3. The molecule has 154 valence electrons. The lowest BCUT2D eigenvalue weighted by Gasteiger charge is -2.23. The van der Waals surface area contributed by atoms with Gasteiger partial charge in [0.15, 0.2) is 0 Å². The number of carbonyl (C=O) groups excluding carboxylic acids is 2. The first-order chi connectivity index (χ1) is 13.2. The number of hydrogen-bond acceptors (Lipinski definition) is 5.